The summed E-state index contributed by atoms with van der Waals surface area (Å²) in [6.07, 6.45) is 1.61. The number of nitrogens with one attached hydrogen (secondary N) is 1. The molecular formula is C12H20N6O2. The van der Waals surface area contributed by atoms with Crippen LogP contribution in [0.5, 0.6) is 0 Å². The minimum Gasteiger partial charge on any atom is -0.396 e. The normalized spacial score (nSPS) is 15.3. The van der Waals surface area contributed by atoms with Crippen molar-refractivity contribution in [3.63, 3.8) is 0 Å². The van der Waals surface area contributed by atoms with Gasteiger partial charge in [0.05, 0.1) is 5.69 Å². The fraction of sp³-hybridized carbons (Fsp3) is 0.583. The predicted molar refractivity (Wildman–Crippen MR) is 74.2 cm³/mol. The zero-order valence-corrected chi connectivity index (χ0v) is 11.8. The Balaban J connectivity index is 1.95. The third kappa shape index (κ3) is 2.84. The molecule has 2 heterocycles. The first-order valence-electron chi connectivity index (χ1n) is 6.64. The van der Waals surface area contributed by atoms with Crippen LogP contribution in [0.3, 0.4) is 0 Å². The number of amides is 3. The van der Waals surface area contributed by atoms with Crippen molar-refractivity contribution in [1.82, 2.24) is 24.9 Å². The van der Waals surface area contributed by atoms with Crippen LogP contribution in [0.4, 0.5) is 10.5 Å². The summed E-state index contributed by atoms with van der Waals surface area (Å²) in [6.45, 7) is 4.50. The Morgan fingerprint density at radius 3 is 2.40 bits per heavy atom. The van der Waals surface area contributed by atoms with Crippen molar-refractivity contribution in [2.45, 2.75) is 6.92 Å². The minimum absolute atomic E-state index is 0.0862. The molecule has 1 fully saturated rings. The molecule has 2 rings (SSSR count). The number of anilines is 1. The maximum atomic E-state index is 12.3. The van der Waals surface area contributed by atoms with Crippen molar-refractivity contribution in [2.24, 2.45) is 7.05 Å². The Labute approximate surface area is 117 Å². The number of urea groups is 1. The zero-order chi connectivity index (χ0) is 14.7. The van der Waals surface area contributed by atoms with Crippen LogP contribution in [0.25, 0.3) is 0 Å². The van der Waals surface area contributed by atoms with E-state index in [4.69, 9.17) is 5.73 Å². The molecule has 0 saturated carbocycles. The Hall–Kier alpha value is -2.25. The number of hydrogen-bond acceptors (Lipinski definition) is 4. The van der Waals surface area contributed by atoms with E-state index in [9.17, 15) is 9.59 Å². The van der Waals surface area contributed by atoms with Gasteiger partial charge in [-0.2, -0.15) is 5.10 Å². The van der Waals surface area contributed by atoms with Crippen molar-refractivity contribution in [2.75, 3.05) is 38.5 Å². The van der Waals surface area contributed by atoms with Gasteiger partial charge in [0.25, 0.3) is 5.91 Å². The number of carbonyl (C=O) groups excluding carboxylic acids is 2. The van der Waals surface area contributed by atoms with Crippen molar-refractivity contribution in [3.05, 3.63) is 11.9 Å². The summed E-state index contributed by atoms with van der Waals surface area (Å²) >= 11 is 0. The van der Waals surface area contributed by atoms with Gasteiger partial charge in [0, 0.05) is 46.0 Å². The third-order valence-corrected chi connectivity index (χ3v) is 3.24. The molecule has 0 aliphatic carbocycles. The molecule has 20 heavy (non-hydrogen) atoms. The van der Waals surface area contributed by atoms with Gasteiger partial charge in [-0.15, -0.1) is 0 Å². The molecule has 0 spiro atoms. The Bertz CT molecular complexity index is 504. The van der Waals surface area contributed by atoms with E-state index in [1.165, 1.54) is 4.68 Å². The summed E-state index contributed by atoms with van der Waals surface area (Å²) in [6, 6.07) is -0.0862. The van der Waals surface area contributed by atoms with E-state index >= 15 is 0 Å². The van der Waals surface area contributed by atoms with Crippen LogP contribution in [0, 0.1) is 0 Å². The summed E-state index contributed by atoms with van der Waals surface area (Å²) in [5.74, 6) is -0.182. The van der Waals surface area contributed by atoms with Crippen LogP contribution in [0.1, 0.15) is 17.4 Å². The second kappa shape index (κ2) is 5.81. The molecule has 3 N–H and O–H groups in total. The highest BCUT2D eigenvalue weighted by molar-refractivity contribution is 5.97. The maximum absolute atomic E-state index is 12.3. The van der Waals surface area contributed by atoms with Gasteiger partial charge in [0.15, 0.2) is 5.69 Å². The lowest BCUT2D eigenvalue weighted by molar-refractivity contribution is 0.0660. The lowest BCUT2D eigenvalue weighted by Crippen LogP contribution is -2.53. The molecule has 1 aromatic rings. The average Bonchev–Trinajstić information content (AvgIpc) is 2.77. The second-order valence-corrected chi connectivity index (χ2v) is 4.72. The molecule has 1 aliphatic rings. The highest BCUT2D eigenvalue weighted by Crippen LogP contribution is 2.13. The molecule has 1 aromatic heterocycles. The fourth-order valence-electron chi connectivity index (χ4n) is 2.20. The quantitative estimate of drug-likeness (QED) is 0.762. The molecule has 0 atom stereocenters. The standard InChI is InChI=1S/C12H20N6O2/c1-3-14-12(20)18-6-4-17(5-7-18)11(19)10-9(13)8-16(2)15-10/h8H,3-7,13H2,1-2H3,(H,14,20). The van der Waals surface area contributed by atoms with Gasteiger partial charge >= 0.3 is 6.03 Å². The van der Waals surface area contributed by atoms with Crippen molar-refractivity contribution < 1.29 is 9.59 Å². The molecule has 0 unspecified atom stereocenters. The minimum atomic E-state index is -0.182. The SMILES string of the molecule is CCNC(=O)N1CCN(C(=O)c2nn(C)cc2N)CC1. The van der Waals surface area contributed by atoms with E-state index in [0.717, 1.165) is 0 Å². The number of aromatic nitrogens is 2. The molecule has 0 bridgehead atoms. The molecular weight excluding hydrogens is 260 g/mol. The lowest BCUT2D eigenvalue weighted by atomic mass is 10.2. The lowest BCUT2D eigenvalue weighted by Gasteiger charge is -2.34. The number of rotatable bonds is 2. The number of nitrogens with two attached hydrogens (primary N) is 1. The van der Waals surface area contributed by atoms with Crippen molar-refractivity contribution in [1.29, 1.82) is 0 Å². The Morgan fingerprint density at radius 2 is 1.90 bits per heavy atom. The highest BCUT2D eigenvalue weighted by Gasteiger charge is 2.26. The number of hydrogen-bond donors (Lipinski definition) is 2. The fourth-order valence-corrected chi connectivity index (χ4v) is 2.20. The molecule has 8 heteroatoms. The highest BCUT2D eigenvalue weighted by atomic mass is 16.2. The van der Waals surface area contributed by atoms with Gasteiger partial charge in [-0.25, -0.2) is 4.79 Å². The van der Waals surface area contributed by atoms with E-state index in [-0.39, 0.29) is 17.6 Å². The maximum Gasteiger partial charge on any atom is 0.317 e. The molecule has 0 aromatic carbocycles. The van der Waals surface area contributed by atoms with E-state index in [1.807, 2.05) is 6.92 Å². The topological polar surface area (TPSA) is 96.5 Å². The molecule has 110 valence electrons. The van der Waals surface area contributed by atoms with E-state index in [0.29, 0.717) is 38.4 Å². The van der Waals surface area contributed by atoms with E-state index in [1.54, 1.807) is 23.0 Å². The third-order valence-electron chi connectivity index (χ3n) is 3.24. The summed E-state index contributed by atoms with van der Waals surface area (Å²) < 4.78 is 1.52. The molecule has 0 radical (unpaired) electrons. The van der Waals surface area contributed by atoms with Gasteiger partial charge in [0.1, 0.15) is 0 Å². The van der Waals surface area contributed by atoms with Gasteiger partial charge in [-0.3, -0.25) is 9.48 Å². The Morgan fingerprint density at radius 1 is 1.30 bits per heavy atom. The van der Waals surface area contributed by atoms with Crippen molar-refractivity contribution in [3.8, 4) is 0 Å². The first-order chi connectivity index (χ1) is 9.52. The van der Waals surface area contributed by atoms with Crippen LogP contribution < -0.4 is 11.1 Å². The number of nitrogen functional groups attached to an aromatic ring is 1. The average molecular weight is 280 g/mol. The second-order valence-electron chi connectivity index (χ2n) is 4.72. The summed E-state index contributed by atoms with van der Waals surface area (Å²) in [7, 11) is 1.72. The first kappa shape index (κ1) is 14.2. The van der Waals surface area contributed by atoms with Gasteiger partial charge in [-0.1, -0.05) is 0 Å². The number of piperazine rings is 1. The molecule has 1 aliphatic heterocycles. The van der Waals surface area contributed by atoms with Gasteiger partial charge in [-0.05, 0) is 6.92 Å². The summed E-state index contributed by atoms with van der Waals surface area (Å²) in [5.41, 5.74) is 6.41. The molecule has 1 saturated heterocycles. The van der Waals surface area contributed by atoms with Crippen molar-refractivity contribution >= 4 is 17.6 Å². The van der Waals surface area contributed by atoms with E-state index < -0.39 is 0 Å². The van der Waals surface area contributed by atoms with Crippen LogP contribution >= 0.6 is 0 Å². The van der Waals surface area contributed by atoms with Gasteiger partial charge in [0.2, 0.25) is 0 Å². The largest absolute Gasteiger partial charge is 0.396 e. The van der Waals surface area contributed by atoms with Crippen LogP contribution in [-0.4, -0.2) is 64.2 Å². The Kier molecular flexibility index (Phi) is 4.11. The van der Waals surface area contributed by atoms with E-state index in [2.05, 4.69) is 10.4 Å². The van der Waals surface area contributed by atoms with Crippen LogP contribution in [0.15, 0.2) is 6.20 Å². The number of aryl methyl sites for hydroxylation is 1. The number of nitrogens with zero attached hydrogens (tertiary/aromatic N) is 4. The molecule has 8 nitrogen and oxygen atoms in total. The van der Waals surface area contributed by atoms with Gasteiger partial charge < -0.3 is 20.9 Å². The summed E-state index contributed by atoms with van der Waals surface area (Å²) in [4.78, 5) is 27.3. The monoisotopic (exact) mass is 280 g/mol. The van der Waals surface area contributed by atoms with Crippen LogP contribution in [-0.2, 0) is 7.05 Å². The van der Waals surface area contributed by atoms with Crippen LogP contribution in [0.2, 0.25) is 0 Å². The molecule has 3 amide bonds. The summed E-state index contributed by atoms with van der Waals surface area (Å²) in [5, 5.41) is 6.83. The number of carbonyl (C=O) groups is 2. The first-order valence-corrected chi connectivity index (χ1v) is 6.64. The predicted octanol–water partition coefficient (Wildman–Crippen LogP) is -0.510. The smallest absolute Gasteiger partial charge is 0.317 e. The zero-order valence-electron chi connectivity index (χ0n) is 11.8.